The lowest BCUT2D eigenvalue weighted by molar-refractivity contribution is 0.202. The fourth-order valence-electron chi connectivity index (χ4n) is 3.30. The number of likely N-dealkylation sites (tertiary alicyclic amines) is 1. The van der Waals surface area contributed by atoms with Crippen molar-refractivity contribution in [2.75, 3.05) is 13.7 Å². The molecule has 0 aromatic heterocycles. The number of methoxy groups -OCH3 is 1. The molecule has 17 heavy (non-hydrogen) atoms. The molecule has 3 rings (SSSR count). The zero-order valence-electron chi connectivity index (χ0n) is 10.2. The van der Waals surface area contributed by atoms with Crippen LogP contribution in [0.2, 0.25) is 0 Å². The normalized spacial score (nSPS) is 27.6. The zero-order chi connectivity index (χ0) is 11.8. The topological polar surface area (TPSA) is 32.7 Å². The molecule has 2 unspecified atom stereocenters. The Morgan fingerprint density at radius 1 is 1.41 bits per heavy atom. The van der Waals surface area contributed by atoms with Crippen LogP contribution in [0.4, 0.5) is 0 Å². The Morgan fingerprint density at radius 3 is 2.94 bits per heavy atom. The van der Waals surface area contributed by atoms with E-state index >= 15 is 0 Å². The number of hydrogen-bond donors (Lipinski definition) is 1. The van der Waals surface area contributed by atoms with Crippen molar-refractivity contribution in [3.05, 3.63) is 23.8 Å². The SMILES string of the molecule is COc1cccc(CN2CC3CCC2C3)c1O. The van der Waals surface area contributed by atoms with Gasteiger partial charge in [-0.05, 0) is 31.2 Å². The third-order valence-corrected chi connectivity index (χ3v) is 4.20. The summed E-state index contributed by atoms with van der Waals surface area (Å²) in [4.78, 5) is 2.50. The van der Waals surface area contributed by atoms with Gasteiger partial charge >= 0.3 is 0 Å². The lowest BCUT2D eigenvalue weighted by Crippen LogP contribution is -2.31. The molecule has 1 saturated carbocycles. The molecule has 1 aromatic carbocycles. The fraction of sp³-hybridized carbons (Fsp3) is 0.571. The third kappa shape index (κ3) is 1.89. The van der Waals surface area contributed by atoms with Crippen molar-refractivity contribution in [3.8, 4) is 11.5 Å². The van der Waals surface area contributed by atoms with E-state index < -0.39 is 0 Å². The van der Waals surface area contributed by atoms with Gasteiger partial charge < -0.3 is 9.84 Å². The van der Waals surface area contributed by atoms with E-state index in [-0.39, 0.29) is 0 Å². The van der Waals surface area contributed by atoms with Crippen molar-refractivity contribution in [2.45, 2.75) is 31.8 Å². The van der Waals surface area contributed by atoms with Crippen molar-refractivity contribution in [2.24, 2.45) is 5.92 Å². The number of piperidine rings is 1. The van der Waals surface area contributed by atoms with Crippen LogP contribution in [0, 0.1) is 5.92 Å². The average Bonchev–Trinajstić information content (AvgIpc) is 2.94. The van der Waals surface area contributed by atoms with E-state index in [1.807, 2.05) is 12.1 Å². The van der Waals surface area contributed by atoms with E-state index in [0.29, 0.717) is 11.5 Å². The van der Waals surface area contributed by atoms with Gasteiger partial charge in [0.15, 0.2) is 11.5 Å². The average molecular weight is 233 g/mol. The van der Waals surface area contributed by atoms with Crippen LogP contribution in [0.15, 0.2) is 18.2 Å². The first-order chi connectivity index (χ1) is 8.28. The molecule has 2 fully saturated rings. The Hall–Kier alpha value is -1.22. The Labute approximate surface area is 102 Å². The standard InChI is InChI=1S/C14H19NO2/c1-17-13-4-2-3-11(14(13)16)9-15-8-10-5-6-12(15)7-10/h2-4,10,12,16H,5-9H2,1H3. The highest BCUT2D eigenvalue weighted by molar-refractivity contribution is 5.45. The van der Waals surface area contributed by atoms with Gasteiger partial charge in [0.1, 0.15) is 0 Å². The van der Waals surface area contributed by atoms with E-state index in [2.05, 4.69) is 4.90 Å². The zero-order valence-corrected chi connectivity index (χ0v) is 10.2. The molecule has 1 heterocycles. The summed E-state index contributed by atoms with van der Waals surface area (Å²) in [5, 5.41) is 10.1. The molecular weight excluding hydrogens is 214 g/mol. The molecule has 1 saturated heterocycles. The maximum Gasteiger partial charge on any atom is 0.162 e. The first kappa shape index (κ1) is 10.9. The Bertz CT molecular complexity index is 419. The smallest absolute Gasteiger partial charge is 0.162 e. The number of para-hydroxylation sites is 1. The summed E-state index contributed by atoms with van der Waals surface area (Å²) in [5.41, 5.74) is 0.983. The molecule has 2 atom stereocenters. The van der Waals surface area contributed by atoms with Crippen molar-refractivity contribution >= 4 is 0 Å². The molecule has 2 aliphatic rings. The van der Waals surface area contributed by atoms with Crippen molar-refractivity contribution < 1.29 is 9.84 Å². The van der Waals surface area contributed by atoms with Gasteiger partial charge in [-0.1, -0.05) is 12.1 Å². The van der Waals surface area contributed by atoms with Crippen LogP contribution in [0.5, 0.6) is 11.5 Å². The van der Waals surface area contributed by atoms with Gasteiger partial charge in [-0.2, -0.15) is 0 Å². The fourth-order valence-corrected chi connectivity index (χ4v) is 3.30. The number of rotatable bonds is 3. The predicted octanol–water partition coefficient (Wildman–Crippen LogP) is 2.39. The van der Waals surface area contributed by atoms with Crippen LogP contribution < -0.4 is 4.74 Å². The third-order valence-electron chi connectivity index (χ3n) is 4.20. The molecule has 92 valence electrons. The van der Waals surface area contributed by atoms with Crippen molar-refractivity contribution in [1.29, 1.82) is 0 Å². The number of fused-ring (bicyclic) bond motifs is 2. The molecule has 2 bridgehead atoms. The van der Waals surface area contributed by atoms with Crippen LogP contribution in [0.25, 0.3) is 0 Å². The second kappa shape index (κ2) is 4.22. The minimum atomic E-state index is 0.303. The lowest BCUT2D eigenvalue weighted by atomic mass is 10.1. The van der Waals surface area contributed by atoms with E-state index in [0.717, 1.165) is 24.1 Å². The number of aromatic hydroxyl groups is 1. The minimum absolute atomic E-state index is 0.303. The summed E-state index contributed by atoms with van der Waals surface area (Å²) in [7, 11) is 1.59. The predicted molar refractivity (Wildman–Crippen MR) is 66.2 cm³/mol. The molecule has 1 aliphatic heterocycles. The maximum absolute atomic E-state index is 10.1. The van der Waals surface area contributed by atoms with Crippen LogP contribution >= 0.6 is 0 Å². The highest BCUT2D eigenvalue weighted by Gasteiger charge is 2.37. The molecule has 1 aliphatic carbocycles. The van der Waals surface area contributed by atoms with Crippen molar-refractivity contribution in [1.82, 2.24) is 4.90 Å². The van der Waals surface area contributed by atoms with Crippen LogP contribution in [-0.4, -0.2) is 29.7 Å². The largest absolute Gasteiger partial charge is 0.504 e. The van der Waals surface area contributed by atoms with E-state index in [4.69, 9.17) is 4.74 Å². The van der Waals surface area contributed by atoms with Gasteiger partial charge in [0.05, 0.1) is 7.11 Å². The molecule has 3 heteroatoms. The Balaban J connectivity index is 1.77. The molecule has 3 nitrogen and oxygen atoms in total. The van der Waals surface area contributed by atoms with Crippen LogP contribution in [0.1, 0.15) is 24.8 Å². The summed E-state index contributed by atoms with van der Waals surface area (Å²) in [6.07, 6.45) is 4.07. The van der Waals surface area contributed by atoms with E-state index in [1.165, 1.54) is 25.8 Å². The molecular formula is C14H19NO2. The minimum Gasteiger partial charge on any atom is -0.504 e. The highest BCUT2D eigenvalue weighted by Crippen LogP contribution is 2.39. The number of hydrogen-bond acceptors (Lipinski definition) is 3. The number of ether oxygens (including phenoxy) is 1. The Morgan fingerprint density at radius 2 is 2.29 bits per heavy atom. The van der Waals surface area contributed by atoms with E-state index in [1.54, 1.807) is 13.2 Å². The number of nitrogens with zero attached hydrogens (tertiary/aromatic N) is 1. The van der Waals surface area contributed by atoms with Gasteiger partial charge in [-0.25, -0.2) is 0 Å². The van der Waals surface area contributed by atoms with Crippen LogP contribution in [-0.2, 0) is 6.54 Å². The molecule has 0 amide bonds. The molecule has 1 N–H and O–H groups in total. The second-order valence-corrected chi connectivity index (χ2v) is 5.23. The van der Waals surface area contributed by atoms with E-state index in [9.17, 15) is 5.11 Å². The quantitative estimate of drug-likeness (QED) is 0.870. The van der Waals surface area contributed by atoms with Gasteiger partial charge in [0, 0.05) is 24.7 Å². The molecule has 0 spiro atoms. The maximum atomic E-state index is 10.1. The molecule has 0 radical (unpaired) electrons. The monoisotopic (exact) mass is 233 g/mol. The van der Waals surface area contributed by atoms with Crippen molar-refractivity contribution in [3.63, 3.8) is 0 Å². The Kier molecular flexibility index (Phi) is 2.71. The summed E-state index contributed by atoms with van der Waals surface area (Å²) in [6.45, 7) is 2.05. The van der Waals surface area contributed by atoms with Crippen LogP contribution in [0.3, 0.4) is 0 Å². The highest BCUT2D eigenvalue weighted by atomic mass is 16.5. The van der Waals surface area contributed by atoms with Gasteiger partial charge in [0.25, 0.3) is 0 Å². The summed E-state index contributed by atoms with van der Waals surface area (Å²) >= 11 is 0. The van der Waals surface area contributed by atoms with Gasteiger partial charge in [0.2, 0.25) is 0 Å². The summed E-state index contributed by atoms with van der Waals surface area (Å²) < 4.78 is 5.14. The number of phenolic OH excluding ortho intramolecular Hbond substituents is 1. The van der Waals surface area contributed by atoms with Gasteiger partial charge in [-0.3, -0.25) is 4.90 Å². The number of benzene rings is 1. The lowest BCUT2D eigenvalue weighted by Gasteiger charge is -2.27. The summed E-state index contributed by atoms with van der Waals surface area (Å²) in [6, 6.07) is 6.48. The number of phenols is 1. The van der Waals surface area contributed by atoms with Gasteiger partial charge in [-0.15, -0.1) is 0 Å². The first-order valence-electron chi connectivity index (χ1n) is 6.37. The second-order valence-electron chi connectivity index (χ2n) is 5.23. The molecule has 1 aromatic rings. The first-order valence-corrected chi connectivity index (χ1v) is 6.37. The summed E-state index contributed by atoms with van der Waals surface area (Å²) in [5.74, 6) is 1.78.